The van der Waals surface area contributed by atoms with Gasteiger partial charge in [0.15, 0.2) is 0 Å². The number of halogens is 1. The van der Waals surface area contributed by atoms with Gasteiger partial charge in [-0.2, -0.15) is 0 Å². The fraction of sp³-hybridized carbons (Fsp3) is 0.500. The van der Waals surface area contributed by atoms with Crippen LogP contribution in [0.4, 0.5) is 15.8 Å². The Morgan fingerprint density at radius 3 is 2.74 bits per heavy atom. The highest BCUT2D eigenvalue weighted by Crippen LogP contribution is 2.20. The van der Waals surface area contributed by atoms with Crippen LogP contribution in [0.3, 0.4) is 0 Å². The minimum atomic E-state index is -0.671. The van der Waals surface area contributed by atoms with Crippen molar-refractivity contribution in [2.45, 2.75) is 45.8 Å². The van der Waals surface area contributed by atoms with Crippen molar-refractivity contribution in [1.29, 1.82) is 0 Å². The van der Waals surface area contributed by atoms with Gasteiger partial charge >= 0.3 is 0 Å². The van der Waals surface area contributed by atoms with Crippen LogP contribution in [-0.2, 0) is 9.53 Å². The number of nitrogens with two attached hydrogens (primary N) is 1. The SMILES string of the molecule is CCC(C)(C)OC(C)C(=O)Nc1cc(N)ccc1F. The van der Waals surface area contributed by atoms with Crippen molar-refractivity contribution in [1.82, 2.24) is 0 Å². The van der Waals surface area contributed by atoms with Gasteiger partial charge in [0.1, 0.15) is 11.9 Å². The number of nitrogens with one attached hydrogen (secondary N) is 1. The Kier molecular flexibility index (Phi) is 4.89. The second-order valence-electron chi connectivity index (χ2n) is 5.10. The largest absolute Gasteiger partial charge is 0.399 e. The van der Waals surface area contributed by atoms with E-state index < -0.39 is 23.4 Å². The maximum absolute atomic E-state index is 13.5. The van der Waals surface area contributed by atoms with Crippen LogP contribution in [0.2, 0.25) is 0 Å². The fourth-order valence-corrected chi connectivity index (χ4v) is 1.49. The normalized spacial score (nSPS) is 13.1. The molecule has 0 saturated carbocycles. The Morgan fingerprint density at radius 2 is 2.16 bits per heavy atom. The maximum Gasteiger partial charge on any atom is 0.253 e. The average molecular weight is 268 g/mol. The van der Waals surface area contributed by atoms with Crippen LogP contribution >= 0.6 is 0 Å². The zero-order valence-electron chi connectivity index (χ0n) is 11.8. The van der Waals surface area contributed by atoms with Gasteiger partial charge < -0.3 is 15.8 Å². The van der Waals surface area contributed by atoms with Crippen molar-refractivity contribution in [3.63, 3.8) is 0 Å². The van der Waals surface area contributed by atoms with Gasteiger partial charge in [-0.3, -0.25) is 4.79 Å². The van der Waals surface area contributed by atoms with Gasteiger partial charge in [-0.25, -0.2) is 4.39 Å². The summed E-state index contributed by atoms with van der Waals surface area (Å²) in [7, 11) is 0. The minimum absolute atomic E-state index is 0.0646. The minimum Gasteiger partial charge on any atom is -0.399 e. The van der Waals surface area contributed by atoms with E-state index in [1.54, 1.807) is 6.92 Å². The molecule has 0 fully saturated rings. The number of nitrogen functional groups attached to an aromatic ring is 1. The first-order valence-electron chi connectivity index (χ1n) is 6.29. The second-order valence-corrected chi connectivity index (χ2v) is 5.10. The van der Waals surface area contributed by atoms with E-state index in [1.165, 1.54) is 18.2 Å². The van der Waals surface area contributed by atoms with Gasteiger partial charge in [0.25, 0.3) is 5.91 Å². The zero-order chi connectivity index (χ0) is 14.6. The van der Waals surface area contributed by atoms with Crippen LogP contribution in [0.15, 0.2) is 18.2 Å². The van der Waals surface area contributed by atoms with E-state index in [1.807, 2.05) is 20.8 Å². The molecule has 1 aromatic rings. The van der Waals surface area contributed by atoms with Crippen molar-refractivity contribution in [3.05, 3.63) is 24.0 Å². The van der Waals surface area contributed by atoms with E-state index in [0.29, 0.717) is 5.69 Å². The standard InChI is InChI=1S/C14H21FN2O2/c1-5-14(3,4)19-9(2)13(18)17-12-8-10(16)6-7-11(12)15/h6-9H,5,16H2,1-4H3,(H,17,18). The van der Waals surface area contributed by atoms with E-state index in [2.05, 4.69) is 5.32 Å². The van der Waals surface area contributed by atoms with Gasteiger partial charge in [-0.15, -0.1) is 0 Å². The van der Waals surface area contributed by atoms with Crippen LogP contribution in [0, 0.1) is 5.82 Å². The molecule has 1 aromatic carbocycles. The smallest absolute Gasteiger partial charge is 0.253 e. The van der Waals surface area contributed by atoms with Gasteiger partial charge in [-0.05, 0) is 45.4 Å². The number of carbonyl (C=O) groups excluding carboxylic acids is 1. The first-order valence-corrected chi connectivity index (χ1v) is 6.29. The van der Waals surface area contributed by atoms with Crippen LogP contribution in [-0.4, -0.2) is 17.6 Å². The lowest BCUT2D eigenvalue weighted by molar-refractivity contribution is -0.137. The monoisotopic (exact) mass is 268 g/mol. The van der Waals surface area contributed by atoms with Crippen molar-refractivity contribution < 1.29 is 13.9 Å². The van der Waals surface area contributed by atoms with Crippen molar-refractivity contribution in [3.8, 4) is 0 Å². The molecule has 1 atom stereocenters. The summed E-state index contributed by atoms with van der Waals surface area (Å²) >= 11 is 0. The Bertz CT molecular complexity index is 461. The molecule has 0 aromatic heterocycles. The third-order valence-corrected chi connectivity index (χ3v) is 2.96. The van der Waals surface area contributed by atoms with E-state index in [9.17, 15) is 9.18 Å². The van der Waals surface area contributed by atoms with Gasteiger partial charge in [0, 0.05) is 5.69 Å². The number of hydrogen-bond donors (Lipinski definition) is 2. The highest BCUT2D eigenvalue weighted by molar-refractivity contribution is 5.94. The molecule has 0 bridgehead atoms. The summed E-state index contributed by atoms with van der Waals surface area (Å²) in [6.45, 7) is 7.41. The van der Waals surface area contributed by atoms with Crippen LogP contribution in [0.1, 0.15) is 34.1 Å². The predicted molar refractivity (Wildman–Crippen MR) is 74.4 cm³/mol. The Balaban J connectivity index is 2.71. The molecule has 1 amide bonds. The molecule has 19 heavy (non-hydrogen) atoms. The van der Waals surface area contributed by atoms with Crippen molar-refractivity contribution in [2.75, 3.05) is 11.1 Å². The molecule has 106 valence electrons. The molecule has 0 aliphatic heterocycles. The molecular weight excluding hydrogens is 247 g/mol. The first kappa shape index (κ1) is 15.4. The summed E-state index contributed by atoms with van der Waals surface area (Å²) in [5.74, 6) is -0.921. The number of carbonyl (C=O) groups is 1. The third-order valence-electron chi connectivity index (χ3n) is 2.96. The summed E-state index contributed by atoms with van der Waals surface area (Å²) in [6, 6.07) is 4.03. The van der Waals surface area contributed by atoms with E-state index >= 15 is 0 Å². The van der Waals surface area contributed by atoms with Gasteiger partial charge in [-0.1, -0.05) is 6.92 Å². The summed E-state index contributed by atoms with van der Waals surface area (Å²) < 4.78 is 19.1. The number of ether oxygens (including phenoxy) is 1. The lowest BCUT2D eigenvalue weighted by atomic mass is 10.1. The molecule has 0 aliphatic rings. The van der Waals surface area contributed by atoms with Crippen LogP contribution < -0.4 is 11.1 Å². The first-order chi connectivity index (χ1) is 8.75. The third kappa shape index (κ3) is 4.52. The molecule has 0 spiro atoms. The lowest BCUT2D eigenvalue weighted by Crippen LogP contribution is -2.36. The van der Waals surface area contributed by atoms with Crippen LogP contribution in [0.5, 0.6) is 0 Å². The van der Waals surface area contributed by atoms with Crippen molar-refractivity contribution >= 4 is 17.3 Å². The molecule has 0 aliphatic carbocycles. The summed E-state index contributed by atoms with van der Waals surface area (Å²) in [5.41, 5.74) is 5.61. The molecule has 1 unspecified atom stereocenters. The summed E-state index contributed by atoms with van der Waals surface area (Å²) in [5, 5.41) is 2.48. The number of hydrogen-bond acceptors (Lipinski definition) is 3. The number of anilines is 2. The molecule has 4 nitrogen and oxygen atoms in total. The highest BCUT2D eigenvalue weighted by atomic mass is 19.1. The van der Waals surface area contributed by atoms with Gasteiger partial charge in [0.05, 0.1) is 11.3 Å². The van der Waals surface area contributed by atoms with E-state index in [0.717, 1.165) is 6.42 Å². The van der Waals surface area contributed by atoms with E-state index in [4.69, 9.17) is 10.5 Å². The lowest BCUT2D eigenvalue weighted by Gasteiger charge is -2.27. The number of rotatable bonds is 5. The van der Waals surface area contributed by atoms with E-state index in [-0.39, 0.29) is 5.69 Å². The highest BCUT2D eigenvalue weighted by Gasteiger charge is 2.24. The Morgan fingerprint density at radius 1 is 1.53 bits per heavy atom. The number of benzene rings is 1. The quantitative estimate of drug-likeness (QED) is 0.807. The molecule has 0 heterocycles. The molecule has 5 heteroatoms. The maximum atomic E-state index is 13.5. The predicted octanol–water partition coefficient (Wildman–Crippen LogP) is 2.94. The Hall–Kier alpha value is -1.62. The molecule has 0 radical (unpaired) electrons. The number of amides is 1. The fourth-order valence-electron chi connectivity index (χ4n) is 1.49. The second kappa shape index (κ2) is 6.02. The molecule has 3 N–H and O–H groups in total. The topological polar surface area (TPSA) is 64.3 Å². The van der Waals surface area contributed by atoms with Gasteiger partial charge in [0.2, 0.25) is 0 Å². The summed E-state index contributed by atoms with van der Waals surface area (Å²) in [6.07, 6.45) is 0.104. The molecule has 0 saturated heterocycles. The average Bonchev–Trinajstić information content (AvgIpc) is 2.33. The Labute approximate surface area is 113 Å². The molecule has 1 rings (SSSR count). The zero-order valence-corrected chi connectivity index (χ0v) is 11.8. The summed E-state index contributed by atoms with van der Waals surface area (Å²) in [4.78, 5) is 11.9. The van der Waals surface area contributed by atoms with Crippen LogP contribution in [0.25, 0.3) is 0 Å². The van der Waals surface area contributed by atoms with Crippen molar-refractivity contribution in [2.24, 2.45) is 0 Å². The molecular formula is C14H21FN2O2.